The number of nitrogens with two attached hydrogens (primary N) is 1. The van der Waals surface area contributed by atoms with Gasteiger partial charge in [-0.05, 0) is 43.7 Å². The number of amides is 1. The van der Waals surface area contributed by atoms with Crippen LogP contribution in [0.3, 0.4) is 0 Å². The lowest BCUT2D eigenvalue weighted by atomic mass is 10.0. The number of rotatable bonds is 4. The van der Waals surface area contributed by atoms with Gasteiger partial charge in [-0.25, -0.2) is 4.98 Å². The lowest BCUT2D eigenvalue weighted by Gasteiger charge is -2.06. The quantitative estimate of drug-likeness (QED) is 0.837. The van der Waals surface area contributed by atoms with E-state index in [4.69, 9.17) is 5.73 Å². The summed E-state index contributed by atoms with van der Waals surface area (Å²) in [7, 11) is 0. The van der Waals surface area contributed by atoms with Crippen LogP contribution in [0, 0.1) is 0 Å². The van der Waals surface area contributed by atoms with Crippen LogP contribution in [0.15, 0.2) is 24.3 Å². The molecule has 0 bridgehead atoms. The number of fused-ring (bicyclic) bond motifs is 1. The number of nitrogen functional groups attached to an aromatic ring is 1. The summed E-state index contributed by atoms with van der Waals surface area (Å²) in [5.41, 5.74) is 8.82. The number of hydrogen-bond acceptors (Lipinski definition) is 4. The van der Waals surface area contributed by atoms with E-state index in [1.54, 1.807) is 11.3 Å². The summed E-state index contributed by atoms with van der Waals surface area (Å²) in [6, 6.07) is 7.67. The Morgan fingerprint density at radius 1 is 1.27 bits per heavy atom. The number of anilines is 2. The first kappa shape index (κ1) is 16.8. The third-order valence-electron chi connectivity index (χ3n) is 3.77. The first-order valence-corrected chi connectivity index (χ1v) is 8.16. The summed E-state index contributed by atoms with van der Waals surface area (Å²) in [6.07, 6.45) is 5.67. The molecule has 0 saturated heterocycles. The molecule has 22 heavy (non-hydrogen) atoms. The molecule has 1 aliphatic carbocycles. The van der Waals surface area contributed by atoms with Crippen molar-refractivity contribution in [3.05, 3.63) is 40.4 Å². The minimum absolute atomic E-state index is 0. The standard InChI is InChI=1S/C16H19N3OS.ClH/c17-12-6-2-1-5-11(12)9-10-15(20)19-16-18-13-7-3-4-8-14(13)21-16;/h1-2,5-6H,3-4,7-10,17H2,(H,18,19,20);1H. The zero-order valence-corrected chi connectivity index (χ0v) is 13.9. The topological polar surface area (TPSA) is 68.0 Å². The molecule has 0 aliphatic heterocycles. The average Bonchev–Trinajstić information content (AvgIpc) is 2.88. The number of carbonyl (C=O) groups excluding carboxylic acids is 1. The van der Waals surface area contributed by atoms with E-state index in [-0.39, 0.29) is 18.3 Å². The molecule has 3 N–H and O–H groups in total. The molecule has 118 valence electrons. The minimum Gasteiger partial charge on any atom is -0.399 e. The smallest absolute Gasteiger partial charge is 0.226 e. The van der Waals surface area contributed by atoms with Gasteiger partial charge < -0.3 is 11.1 Å². The molecule has 6 heteroatoms. The van der Waals surface area contributed by atoms with Crippen molar-refractivity contribution in [2.24, 2.45) is 0 Å². The van der Waals surface area contributed by atoms with Crippen LogP contribution in [-0.2, 0) is 24.1 Å². The van der Waals surface area contributed by atoms with E-state index in [0.29, 0.717) is 12.8 Å². The van der Waals surface area contributed by atoms with Crippen molar-refractivity contribution in [2.45, 2.75) is 38.5 Å². The Labute approximate surface area is 140 Å². The van der Waals surface area contributed by atoms with Crippen LogP contribution < -0.4 is 11.1 Å². The largest absolute Gasteiger partial charge is 0.399 e. The van der Waals surface area contributed by atoms with E-state index in [1.165, 1.54) is 23.4 Å². The average molecular weight is 338 g/mol. The molecule has 0 spiro atoms. The van der Waals surface area contributed by atoms with Crippen molar-refractivity contribution in [1.29, 1.82) is 0 Å². The van der Waals surface area contributed by atoms with Gasteiger partial charge in [-0.2, -0.15) is 0 Å². The van der Waals surface area contributed by atoms with Gasteiger partial charge >= 0.3 is 0 Å². The van der Waals surface area contributed by atoms with Crippen molar-refractivity contribution >= 4 is 40.5 Å². The van der Waals surface area contributed by atoms with Gasteiger partial charge in [0, 0.05) is 17.0 Å². The summed E-state index contributed by atoms with van der Waals surface area (Å²) in [5, 5.41) is 3.66. The SMILES string of the molecule is Cl.Nc1ccccc1CCC(=O)Nc1nc2c(s1)CCCC2. The lowest BCUT2D eigenvalue weighted by Crippen LogP contribution is -2.12. The number of nitrogens with one attached hydrogen (secondary N) is 1. The summed E-state index contributed by atoms with van der Waals surface area (Å²) >= 11 is 1.62. The Balaban J connectivity index is 0.00000176. The number of para-hydroxylation sites is 1. The summed E-state index contributed by atoms with van der Waals surface area (Å²) in [5.74, 6) is 0.00403. The molecule has 0 fully saturated rings. The molecule has 0 atom stereocenters. The van der Waals surface area contributed by atoms with Crippen LogP contribution in [-0.4, -0.2) is 10.9 Å². The maximum absolute atomic E-state index is 12.0. The molecule has 0 saturated carbocycles. The normalized spacial score (nSPS) is 13.1. The number of aryl methyl sites for hydroxylation is 3. The third kappa shape index (κ3) is 3.99. The fraction of sp³-hybridized carbons (Fsp3) is 0.375. The number of nitrogens with zero attached hydrogens (tertiary/aromatic N) is 1. The van der Waals surface area contributed by atoms with Gasteiger partial charge in [-0.15, -0.1) is 23.7 Å². The van der Waals surface area contributed by atoms with E-state index < -0.39 is 0 Å². The molecular formula is C16H20ClN3OS. The van der Waals surface area contributed by atoms with Crippen molar-refractivity contribution in [3.63, 3.8) is 0 Å². The highest BCUT2D eigenvalue weighted by Crippen LogP contribution is 2.29. The Morgan fingerprint density at radius 2 is 2.05 bits per heavy atom. The Kier molecular flexibility index (Phi) is 5.80. The first-order valence-electron chi connectivity index (χ1n) is 7.34. The fourth-order valence-electron chi connectivity index (χ4n) is 2.60. The van der Waals surface area contributed by atoms with Gasteiger partial charge in [0.2, 0.25) is 5.91 Å². The zero-order chi connectivity index (χ0) is 14.7. The van der Waals surface area contributed by atoms with Gasteiger partial charge in [-0.1, -0.05) is 18.2 Å². The van der Waals surface area contributed by atoms with Crippen LogP contribution in [0.25, 0.3) is 0 Å². The molecule has 0 radical (unpaired) electrons. The molecule has 1 aliphatic rings. The number of hydrogen-bond donors (Lipinski definition) is 2. The molecule has 0 unspecified atom stereocenters. The number of benzene rings is 1. The molecule has 1 aromatic heterocycles. The highest BCUT2D eigenvalue weighted by molar-refractivity contribution is 7.15. The summed E-state index contributed by atoms with van der Waals surface area (Å²) in [6.45, 7) is 0. The maximum atomic E-state index is 12.0. The van der Waals surface area contributed by atoms with Crippen LogP contribution in [0.1, 0.15) is 35.4 Å². The van der Waals surface area contributed by atoms with Gasteiger partial charge in [0.1, 0.15) is 0 Å². The molecule has 2 aromatic rings. The zero-order valence-electron chi connectivity index (χ0n) is 12.3. The van der Waals surface area contributed by atoms with Crippen LogP contribution in [0.2, 0.25) is 0 Å². The second kappa shape index (κ2) is 7.61. The van der Waals surface area contributed by atoms with Gasteiger partial charge in [0.15, 0.2) is 5.13 Å². The number of aromatic nitrogens is 1. The second-order valence-corrected chi connectivity index (χ2v) is 6.43. The Morgan fingerprint density at radius 3 is 2.82 bits per heavy atom. The first-order chi connectivity index (χ1) is 10.2. The Hall–Kier alpha value is -1.59. The van der Waals surface area contributed by atoms with Crippen LogP contribution in [0.5, 0.6) is 0 Å². The molecule has 1 heterocycles. The number of carbonyl (C=O) groups is 1. The summed E-state index contributed by atoms with van der Waals surface area (Å²) < 4.78 is 0. The van der Waals surface area contributed by atoms with Gasteiger partial charge in [0.25, 0.3) is 0 Å². The highest BCUT2D eigenvalue weighted by Gasteiger charge is 2.16. The van der Waals surface area contributed by atoms with Crippen LogP contribution >= 0.6 is 23.7 Å². The fourth-order valence-corrected chi connectivity index (χ4v) is 3.66. The number of thiazole rings is 1. The molecular weight excluding hydrogens is 318 g/mol. The van der Waals surface area contributed by atoms with Crippen molar-refractivity contribution in [1.82, 2.24) is 4.98 Å². The molecule has 3 rings (SSSR count). The Bertz CT molecular complexity index is 633. The van der Waals surface area contributed by atoms with E-state index in [0.717, 1.165) is 29.2 Å². The summed E-state index contributed by atoms with van der Waals surface area (Å²) in [4.78, 5) is 17.9. The maximum Gasteiger partial charge on any atom is 0.226 e. The van der Waals surface area contributed by atoms with Crippen molar-refractivity contribution < 1.29 is 4.79 Å². The van der Waals surface area contributed by atoms with Crippen molar-refractivity contribution in [2.75, 3.05) is 11.1 Å². The lowest BCUT2D eigenvalue weighted by molar-refractivity contribution is -0.116. The molecule has 1 amide bonds. The van der Waals surface area contributed by atoms with E-state index >= 15 is 0 Å². The van der Waals surface area contributed by atoms with Gasteiger partial charge in [-0.3, -0.25) is 4.79 Å². The predicted molar refractivity (Wildman–Crippen MR) is 93.8 cm³/mol. The second-order valence-electron chi connectivity index (χ2n) is 5.34. The van der Waals surface area contributed by atoms with Crippen molar-refractivity contribution in [3.8, 4) is 0 Å². The molecule has 4 nitrogen and oxygen atoms in total. The van der Waals surface area contributed by atoms with E-state index in [9.17, 15) is 4.79 Å². The van der Waals surface area contributed by atoms with Gasteiger partial charge in [0.05, 0.1) is 5.69 Å². The van der Waals surface area contributed by atoms with E-state index in [1.807, 2.05) is 24.3 Å². The minimum atomic E-state index is 0. The highest BCUT2D eigenvalue weighted by atomic mass is 35.5. The monoisotopic (exact) mass is 337 g/mol. The number of halogens is 1. The third-order valence-corrected chi connectivity index (χ3v) is 4.84. The predicted octanol–water partition coefficient (Wildman–Crippen LogP) is 3.60. The molecule has 1 aromatic carbocycles. The van der Waals surface area contributed by atoms with E-state index in [2.05, 4.69) is 10.3 Å². The van der Waals surface area contributed by atoms with Crippen LogP contribution in [0.4, 0.5) is 10.8 Å².